The molecule has 0 aliphatic heterocycles. The average Bonchev–Trinajstić information content (AvgIpc) is 2.32. The predicted octanol–water partition coefficient (Wildman–Crippen LogP) is 3.52. The van der Waals surface area contributed by atoms with Crippen LogP contribution in [0.25, 0.3) is 0 Å². The number of benzene rings is 1. The Bertz CT molecular complexity index is 475. The lowest BCUT2D eigenvalue weighted by Crippen LogP contribution is -2.39. The fourth-order valence-electron chi connectivity index (χ4n) is 1.36. The molecule has 1 amide bonds. The van der Waals surface area contributed by atoms with Crippen LogP contribution in [0.1, 0.15) is 13.8 Å². The summed E-state index contributed by atoms with van der Waals surface area (Å²) in [7, 11) is 0. The second kappa shape index (κ2) is 7.06. The van der Waals surface area contributed by atoms with Gasteiger partial charge in [-0.05, 0) is 18.1 Å². The molecule has 0 spiro atoms. The zero-order valence-electron chi connectivity index (χ0n) is 10.8. The Morgan fingerprint density at radius 3 is 2.20 bits per heavy atom. The lowest BCUT2D eigenvalue weighted by atomic mass is 10.0. The van der Waals surface area contributed by atoms with Gasteiger partial charge in [-0.25, -0.2) is 0 Å². The van der Waals surface area contributed by atoms with Gasteiger partial charge in [0.15, 0.2) is 5.75 Å². The summed E-state index contributed by atoms with van der Waals surface area (Å²) in [5.74, 6) is -0.813. The number of anilines is 1. The molecule has 112 valence electrons. The second-order valence-corrected chi connectivity index (χ2v) is 5.22. The van der Waals surface area contributed by atoms with Crippen molar-refractivity contribution < 1.29 is 18.3 Å². The highest BCUT2D eigenvalue weighted by atomic mass is 35.5. The summed E-state index contributed by atoms with van der Waals surface area (Å²) in [6.45, 7) is 0.549. The van der Waals surface area contributed by atoms with Crippen molar-refractivity contribution in [2.24, 2.45) is 11.7 Å². The average molecular weight is 327 g/mol. The van der Waals surface area contributed by atoms with Crippen molar-refractivity contribution >= 4 is 34.8 Å². The molecular formula is C12H14Cl2F2N2O2. The summed E-state index contributed by atoms with van der Waals surface area (Å²) in [5, 5.41) is 2.24. The predicted molar refractivity (Wildman–Crippen MR) is 74.5 cm³/mol. The molecular weight excluding hydrogens is 313 g/mol. The van der Waals surface area contributed by atoms with Crippen LogP contribution in [0.15, 0.2) is 12.1 Å². The fraction of sp³-hybridized carbons (Fsp3) is 0.417. The molecule has 20 heavy (non-hydrogen) atoms. The Labute approximate surface area is 125 Å². The molecule has 0 fully saturated rings. The van der Waals surface area contributed by atoms with Gasteiger partial charge in [-0.3, -0.25) is 4.79 Å². The summed E-state index contributed by atoms with van der Waals surface area (Å²) >= 11 is 11.6. The molecule has 0 saturated heterocycles. The molecule has 1 unspecified atom stereocenters. The molecule has 0 heterocycles. The standard InChI is InChI=1S/C12H14Cl2F2N2O2/c1-5(2)9(17)11(19)18-6-3-7(13)10(8(14)4-6)20-12(15)16/h3-5,9,12H,17H2,1-2H3,(H,18,19). The van der Waals surface area contributed by atoms with Gasteiger partial charge in [-0.2, -0.15) is 8.78 Å². The Morgan fingerprint density at radius 1 is 1.30 bits per heavy atom. The van der Waals surface area contributed by atoms with Gasteiger partial charge in [-0.1, -0.05) is 37.0 Å². The zero-order chi connectivity index (χ0) is 15.4. The van der Waals surface area contributed by atoms with Crippen LogP contribution < -0.4 is 15.8 Å². The first-order valence-electron chi connectivity index (χ1n) is 5.72. The van der Waals surface area contributed by atoms with Crippen LogP contribution in [0, 0.1) is 5.92 Å². The van der Waals surface area contributed by atoms with E-state index >= 15 is 0 Å². The smallest absolute Gasteiger partial charge is 0.387 e. The Kier molecular flexibility index (Phi) is 5.98. The minimum atomic E-state index is -3.04. The van der Waals surface area contributed by atoms with Gasteiger partial charge in [-0.15, -0.1) is 0 Å². The number of halogens is 4. The van der Waals surface area contributed by atoms with E-state index < -0.39 is 18.6 Å². The summed E-state index contributed by atoms with van der Waals surface area (Å²) in [4.78, 5) is 11.8. The quantitative estimate of drug-likeness (QED) is 0.870. The molecule has 1 aromatic carbocycles. The highest BCUT2D eigenvalue weighted by molar-refractivity contribution is 6.37. The number of hydrogen-bond donors (Lipinski definition) is 2. The van der Waals surface area contributed by atoms with E-state index in [1.54, 1.807) is 13.8 Å². The minimum absolute atomic E-state index is 0.0533. The first kappa shape index (κ1) is 16.9. The highest BCUT2D eigenvalue weighted by Gasteiger charge is 2.19. The minimum Gasteiger partial charge on any atom is -0.432 e. The van der Waals surface area contributed by atoms with E-state index in [4.69, 9.17) is 28.9 Å². The zero-order valence-corrected chi connectivity index (χ0v) is 12.3. The number of carbonyl (C=O) groups excluding carboxylic acids is 1. The molecule has 0 aromatic heterocycles. The van der Waals surface area contributed by atoms with Crippen LogP contribution in [-0.4, -0.2) is 18.6 Å². The summed E-state index contributed by atoms with van der Waals surface area (Å²) in [5.41, 5.74) is 5.93. The summed E-state index contributed by atoms with van der Waals surface area (Å²) in [6.07, 6.45) is 0. The number of amides is 1. The first-order chi connectivity index (χ1) is 9.22. The van der Waals surface area contributed by atoms with E-state index in [-0.39, 0.29) is 27.4 Å². The molecule has 0 aliphatic rings. The maximum Gasteiger partial charge on any atom is 0.387 e. The van der Waals surface area contributed by atoms with Crippen LogP contribution in [0.2, 0.25) is 10.0 Å². The van der Waals surface area contributed by atoms with Crippen molar-refractivity contribution in [2.75, 3.05) is 5.32 Å². The topological polar surface area (TPSA) is 64.4 Å². The van der Waals surface area contributed by atoms with E-state index in [9.17, 15) is 13.6 Å². The van der Waals surface area contributed by atoms with E-state index in [0.29, 0.717) is 0 Å². The van der Waals surface area contributed by atoms with Crippen molar-refractivity contribution in [3.05, 3.63) is 22.2 Å². The molecule has 4 nitrogen and oxygen atoms in total. The maximum atomic E-state index is 12.2. The summed E-state index contributed by atoms with van der Waals surface area (Å²) in [6, 6.07) is 1.82. The second-order valence-electron chi connectivity index (χ2n) is 4.41. The Morgan fingerprint density at radius 2 is 1.80 bits per heavy atom. The number of nitrogens with two attached hydrogens (primary N) is 1. The Hall–Kier alpha value is -1.11. The monoisotopic (exact) mass is 326 g/mol. The van der Waals surface area contributed by atoms with Crippen LogP contribution in [0.3, 0.4) is 0 Å². The number of nitrogens with one attached hydrogen (secondary N) is 1. The number of hydrogen-bond acceptors (Lipinski definition) is 3. The fourth-order valence-corrected chi connectivity index (χ4v) is 1.94. The van der Waals surface area contributed by atoms with Crippen molar-refractivity contribution in [3.8, 4) is 5.75 Å². The van der Waals surface area contributed by atoms with Gasteiger partial charge in [0, 0.05) is 5.69 Å². The van der Waals surface area contributed by atoms with Gasteiger partial charge < -0.3 is 15.8 Å². The molecule has 0 bridgehead atoms. The number of carbonyl (C=O) groups is 1. The lowest BCUT2D eigenvalue weighted by Gasteiger charge is -2.16. The summed E-state index contributed by atoms with van der Waals surface area (Å²) < 4.78 is 28.5. The van der Waals surface area contributed by atoms with Gasteiger partial charge >= 0.3 is 6.61 Å². The van der Waals surface area contributed by atoms with E-state index in [2.05, 4.69) is 10.1 Å². The van der Waals surface area contributed by atoms with Crippen LogP contribution >= 0.6 is 23.2 Å². The molecule has 0 saturated carbocycles. The van der Waals surface area contributed by atoms with Crippen molar-refractivity contribution in [1.29, 1.82) is 0 Å². The van der Waals surface area contributed by atoms with E-state index in [0.717, 1.165) is 0 Å². The van der Waals surface area contributed by atoms with Crippen molar-refractivity contribution in [2.45, 2.75) is 26.5 Å². The molecule has 1 rings (SSSR count). The van der Waals surface area contributed by atoms with Crippen LogP contribution in [-0.2, 0) is 4.79 Å². The third kappa shape index (κ3) is 4.47. The number of rotatable bonds is 5. The number of alkyl halides is 2. The van der Waals surface area contributed by atoms with Gasteiger partial charge in [0.25, 0.3) is 0 Å². The van der Waals surface area contributed by atoms with Gasteiger partial charge in [0.1, 0.15) is 0 Å². The van der Waals surface area contributed by atoms with E-state index in [1.807, 2.05) is 0 Å². The highest BCUT2D eigenvalue weighted by Crippen LogP contribution is 2.37. The Balaban J connectivity index is 2.91. The molecule has 3 N–H and O–H groups in total. The van der Waals surface area contributed by atoms with Crippen LogP contribution in [0.4, 0.5) is 14.5 Å². The third-order valence-corrected chi connectivity index (χ3v) is 3.06. The van der Waals surface area contributed by atoms with Gasteiger partial charge in [0.2, 0.25) is 5.91 Å². The largest absolute Gasteiger partial charge is 0.432 e. The molecule has 0 aliphatic carbocycles. The molecule has 1 aromatic rings. The lowest BCUT2D eigenvalue weighted by molar-refractivity contribution is -0.118. The third-order valence-electron chi connectivity index (χ3n) is 2.49. The SMILES string of the molecule is CC(C)C(N)C(=O)Nc1cc(Cl)c(OC(F)F)c(Cl)c1. The van der Waals surface area contributed by atoms with Crippen molar-refractivity contribution in [1.82, 2.24) is 0 Å². The van der Waals surface area contributed by atoms with Crippen molar-refractivity contribution in [3.63, 3.8) is 0 Å². The first-order valence-corrected chi connectivity index (χ1v) is 6.48. The van der Waals surface area contributed by atoms with E-state index in [1.165, 1.54) is 12.1 Å². The van der Waals surface area contributed by atoms with Gasteiger partial charge in [0.05, 0.1) is 16.1 Å². The maximum absolute atomic E-state index is 12.2. The number of ether oxygens (including phenoxy) is 1. The van der Waals surface area contributed by atoms with Crippen LogP contribution in [0.5, 0.6) is 5.75 Å². The molecule has 1 atom stereocenters. The normalized spacial score (nSPS) is 12.7. The molecule has 0 radical (unpaired) electrons. The molecule has 8 heteroatoms.